The molecule has 0 radical (unpaired) electrons. The predicted molar refractivity (Wildman–Crippen MR) is 211 cm³/mol. The van der Waals surface area contributed by atoms with Crippen LogP contribution in [0, 0.1) is 13.8 Å². The molecule has 1 atom stereocenters. The predicted octanol–water partition coefficient (Wildman–Crippen LogP) is 5.67. The number of hydrogen-bond donors (Lipinski definition) is 1. The monoisotopic (exact) mass is 936 g/mol. The maximum atomic E-state index is 12.7. The van der Waals surface area contributed by atoms with E-state index in [0.29, 0.717) is 13.1 Å². The van der Waals surface area contributed by atoms with Crippen molar-refractivity contribution in [1.82, 2.24) is 0 Å². The highest BCUT2D eigenvalue weighted by atomic mass is 79.9. The molecule has 1 unspecified atom stereocenters. The van der Waals surface area contributed by atoms with Gasteiger partial charge in [-0.1, -0.05) is 104 Å². The smallest absolute Gasteiger partial charge is 0.316 e. The number of ketones is 1. The molecule has 0 bridgehead atoms. The number of thioether (sulfide) groups is 2. The van der Waals surface area contributed by atoms with Gasteiger partial charge in [0.25, 0.3) is 5.72 Å². The molecule has 4 aromatic rings. The number of rotatable bonds is 6. The van der Waals surface area contributed by atoms with Gasteiger partial charge < -0.3 is 27.0 Å². The van der Waals surface area contributed by atoms with Gasteiger partial charge in [0.1, 0.15) is 5.69 Å². The van der Waals surface area contributed by atoms with Crippen molar-refractivity contribution in [3.05, 3.63) is 128 Å². The average molecular weight is 940 g/mol. The number of aryl methyl sites for hydroxylation is 2. The van der Waals surface area contributed by atoms with Gasteiger partial charge in [-0.3, -0.25) is 9.79 Å². The second kappa shape index (κ2) is 17.3. The molecule has 12 heteroatoms. The number of aliphatic hydroxyl groups is 1. The van der Waals surface area contributed by atoms with Crippen LogP contribution in [0.5, 0.6) is 0 Å². The van der Waals surface area contributed by atoms with Crippen LogP contribution in [-0.2, 0) is 5.72 Å². The van der Waals surface area contributed by atoms with E-state index in [1.807, 2.05) is 83.4 Å². The maximum absolute atomic E-state index is 12.7. The molecule has 0 saturated carbocycles. The molecule has 0 amide bonds. The highest BCUT2D eigenvalue weighted by molar-refractivity contribution is 9.10. The van der Waals surface area contributed by atoms with Crippen molar-refractivity contribution in [3.63, 3.8) is 0 Å². The summed E-state index contributed by atoms with van der Waals surface area (Å²) >= 11 is 10.4. The molecule has 7 rings (SSSR count). The zero-order valence-electron chi connectivity index (χ0n) is 26.5. The van der Waals surface area contributed by atoms with Crippen LogP contribution in [0.3, 0.4) is 0 Å². The Kier molecular flexibility index (Phi) is 14.0. The first-order valence-electron chi connectivity index (χ1n) is 15.1. The Morgan fingerprint density at radius 2 is 1.52 bits per heavy atom. The van der Waals surface area contributed by atoms with Gasteiger partial charge in [0.15, 0.2) is 17.5 Å². The summed E-state index contributed by atoms with van der Waals surface area (Å²) in [5, 5.41) is 13.6. The van der Waals surface area contributed by atoms with Gasteiger partial charge in [-0.05, 0) is 73.1 Å². The SMILES string of the molecule is Br.Cc1ccccc1N(CC(=O)c1ccc(Br)cc1)C1=NCCS1.Cc1ccccc1N1CC(O)(c2ccc(Br)cc2)[N+]2=C1SCC2.[Br-]. The number of hydrogen-bond acceptors (Lipinski definition) is 7. The van der Waals surface area contributed by atoms with Gasteiger partial charge in [-0.15, -0.1) is 17.0 Å². The topological polar surface area (TPSA) is 59.1 Å². The van der Waals surface area contributed by atoms with Crippen molar-refractivity contribution in [2.45, 2.75) is 19.6 Å². The summed E-state index contributed by atoms with van der Waals surface area (Å²) in [5.74, 6) is 2.08. The standard InChI is InChI=1S/C18H18BrN2OS.C18H17BrN2OS.2BrH/c1-13-4-2-3-5-16(13)20-12-18(22,21-10-11-23-17(20)21)14-6-8-15(19)9-7-14;1-13-4-2-3-5-16(13)21(18-20-10-11-23-18)12-17(22)14-6-8-15(19)9-7-14;;/h2-9,22H,10-12H2,1H3;2-9H,10-12H2,1H3;2*1H/q+1;;;/p-1. The van der Waals surface area contributed by atoms with Gasteiger partial charge in [0.2, 0.25) is 0 Å². The van der Waals surface area contributed by atoms with Crippen molar-refractivity contribution < 1.29 is 31.5 Å². The summed E-state index contributed by atoms with van der Waals surface area (Å²) in [7, 11) is 0. The van der Waals surface area contributed by atoms with E-state index in [-0.39, 0.29) is 39.7 Å². The molecule has 0 fully saturated rings. The zero-order valence-corrected chi connectivity index (χ0v) is 34.6. The lowest BCUT2D eigenvalue weighted by Crippen LogP contribution is -3.00. The van der Waals surface area contributed by atoms with Gasteiger partial charge in [-0.2, -0.15) is 0 Å². The van der Waals surface area contributed by atoms with Gasteiger partial charge >= 0.3 is 5.17 Å². The molecule has 0 spiro atoms. The third-order valence-electron chi connectivity index (χ3n) is 8.22. The first kappa shape index (κ1) is 38.9. The molecule has 3 aliphatic rings. The van der Waals surface area contributed by atoms with Crippen molar-refractivity contribution in [3.8, 4) is 0 Å². The molecule has 3 heterocycles. The van der Waals surface area contributed by atoms with E-state index < -0.39 is 5.72 Å². The fraction of sp³-hybridized carbons (Fsp3) is 0.250. The third-order valence-corrected chi connectivity index (χ3v) is 11.4. The van der Waals surface area contributed by atoms with Crippen LogP contribution in [0.25, 0.3) is 0 Å². The first-order valence-corrected chi connectivity index (χ1v) is 18.7. The Balaban J connectivity index is 0.000000208. The highest BCUT2D eigenvalue weighted by Gasteiger charge is 2.54. The normalized spacial score (nSPS) is 17.9. The molecule has 4 aromatic carbocycles. The number of carbonyl (C=O) groups excluding carboxylic acids is 1. The lowest BCUT2D eigenvalue weighted by atomic mass is 10.0. The summed E-state index contributed by atoms with van der Waals surface area (Å²) in [6.45, 7) is 6.73. The van der Waals surface area contributed by atoms with Gasteiger partial charge in [0, 0.05) is 37.3 Å². The minimum atomic E-state index is -0.970. The number of nitrogens with zero attached hydrogens (tertiary/aromatic N) is 4. The molecular formula is C36H36Br4N4O2S2. The number of aliphatic imine (C=N–C) groups is 1. The van der Waals surface area contributed by atoms with Crippen LogP contribution >= 0.6 is 72.4 Å². The minimum Gasteiger partial charge on any atom is -1.00 e. The molecule has 0 saturated heterocycles. The summed E-state index contributed by atoms with van der Waals surface area (Å²) in [5.41, 5.74) is 5.29. The van der Waals surface area contributed by atoms with Crippen molar-refractivity contribution in [2.24, 2.45) is 4.99 Å². The van der Waals surface area contributed by atoms with Gasteiger partial charge in [0.05, 0.1) is 19.6 Å². The summed E-state index contributed by atoms with van der Waals surface area (Å²) in [6, 6.07) is 32.0. The van der Waals surface area contributed by atoms with E-state index in [0.717, 1.165) is 66.3 Å². The van der Waals surface area contributed by atoms with E-state index in [9.17, 15) is 9.90 Å². The number of carbonyl (C=O) groups is 1. The molecule has 0 aliphatic carbocycles. The Labute approximate surface area is 328 Å². The van der Waals surface area contributed by atoms with Crippen LogP contribution in [0.1, 0.15) is 27.0 Å². The van der Waals surface area contributed by atoms with Crippen molar-refractivity contribution >= 4 is 99.9 Å². The van der Waals surface area contributed by atoms with Crippen molar-refractivity contribution in [2.75, 3.05) is 47.5 Å². The van der Waals surface area contributed by atoms with Gasteiger partial charge in [-0.25, -0.2) is 9.48 Å². The number of benzene rings is 4. The lowest BCUT2D eigenvalue weighted by Gasteiger charge is -2.25. The average Bonchev–Trinajstić information content (AvgIpc) is 3.82. The molecule has 0 aromatic heterocycles. The largest absolute Gasteiger partial charge is 1.00 e. The van der Waals surface area contributed by atoms with Crippen LogP contribution in [0.15, 0.2) is 111 Å². The molecule has 3 aliphatic heterocycles. The minimum absolute atomic E-state index is 0. The number of para-hydroxylation sites is 2. The first-order chi connectivity index (χ1) is 22.2. The van der Waals surface area contributed by atoms with Crippen LogP contribution in [0.2, 0.25) is 0 Å². The van der Waals surface area contributed by atoms with E-state index in [1.54, 1.807) is 11.8 Å². The fourth-order valence-corrected chi connectivity index (χ4v) is 8.41. The summed E-state index contributed by atoms with van der Waals surface area (Å²) < 4.78 is 4.15. The second-order valence-corrected chi connectivity index (χ2v) is 15.2. The number of amidine groups is 2. The maximum Gasteiger partial charge on any atom is 0.316 e. The Bertz CT molecular complexity index is 1800. The summed E-state index contributed by atoms with van der Waals surface area (Å²) in [6.07, 6.45) is 0. The van der Waals surface area contributed by atoms with Crippen molar-refractivity contribution in [1.29, 1.82) is 0 Å². The van der Waals surface area contributed by atoms with E-state index in [2.05, 4.69) is 90.5 Å². The van der Waals surface area contributed by atoms with Crippen LogP contribution in [0.4, 0.5) is 11.4 Å². The third kappa shape index (κ3) is 8.50. The van der Waals surface area contributed by atoms with E-state index in [1.165, 1.54) is 11.3 Å². The number of halogens is 4. The van der Waals surface area contributed by atoms with Crippen LogP contribution < -0.4 is 26.8 Å². The number of Topliss-reactive ketones (excluding diaryl/α,β-unsaturated/α-hetero) is 1. The Morgan fingerprint density at radius 3 is 2.15 bits per heavy atom. The summed E-state index contributed by atoms with van der Waals surface area (Å²) in [4.78, 5) is 21.5. The number of β-amino-alcohol motifs (C(OH)–C–C–N with tert-alkyl or cyclic N) is 1. The van der Waals surface area contributed by atoms with E-state index >= 15 is 0 Å². The fourth-order valence-electron chi connectivity index (χ4n) is 5.84. The zero-order chi connectivity index (χ0) is 32.3. The number of anilines is 2. The Morgan fingerprint density at radius 1 is 0.896 bits per heavy atom. The van der Waals surface area contributed by atoms with E-state index in [4.69, 9.17) is 0 Å². The lowest BCUT2D eigenvalue weighted by molar-refractivity contribution is -0.650. The Hall–Kier alpha value is -1.93. The second-order valence-electron chi connectivity index (χ2n) is 11.3. The highest BCUT2D eigenvalue weighted by Crippen LogP contribution is 2.39. The molecular weight excluding hydrogens is 904 g/mol. The van der Waals surface area contributed by atoms with Crippen LogP contribution in [-0.4, -0.2) is 63.5 Å². The molecule has 1 N–H and O–H groups in total. The molecule has 6 nitrogen and oxygen atoms in total. The molecule has 48 heavy (non-hydrogen) atoms. The quantitative estimate of drug-likeness (QED) is 0.199. The molecule has 252 valence electrons.